The molecule has 3 N–H and O–H groups in total. The fourth-order valence-electron chi connectivity index (χ4n) is 3.98. The number of benzene rings is 1. The van der Waals surface area contributed by atoms with Crippen molar-refractivity contribution in [3.63, 3.8) is 0 Å². The van der Waals surface area contributed by atoms with Gasteiger partial charge in [-0.05, 0) is 57.1 Å². The SMILES string of the molecule is CCN1CCC(C(CN)C2Nc3ccccc3N2C)CC1. The Morgan fingerprint density at radius 2 is 2.00 bits per heavy atom. The van der Waals surface area contributed by atoms with Crippen LogP contribution in [-0.2, 0) is 0 Å². The number of para-hydroxylation sites is 2. The smallest absolute Gasteiger partial charge is 0.103 e. The average Bonchev–Trinajstić information content (AvgIpc) is 2.86. The van der Waals surface area contributed by atoms with Gasteiger partial charge < -0.3 is 20.9 Å². The molecule has 0 bridgehead atoms. The topological polar surface area (TPSA) is 44.5 Å². The number of nitrogens with zero attached hydrogens (tertiary/aromatic N) is 2. The van der Waals surface area contributed by atoms with E-state index in [0.29, 0.717) is 12.1 Å². The van der Waals surface area contributed by atoms with Gasteiger partial charge in [0, 0.05) is 13.0 Å². The lowest BCUT2D eigenvalue weighted by Crippen LogP contribution is -2.48. The van der Waals surface area contributed by atoms with Gasteiger partial charge in [-0.25, -0.2) is 0 Å². The van der Waals surface area contributed by atoms with E-state index in [0.717, 1.165) is 12.5 Å². The maximum absolute atomic E-state index is 6.17. The van der Waals surface area contributed by atoms with Crippen LogP contribution < -0.4 is 16.0 Å². The van der Waals surface area contributed by atoms with Crippen LogP contribution in [0.2, 0.25) is 0 Å². The highest BCUT2D eigenvalue weighted by Crippen LogP contribution is 2.38. The number of nitrogens with one attached hydrogen (secondary N) is 1. The number of anilines is 2. The summed E-state index contributed by atoms with van der Waals surface area (Å²) in [5, 5.41) is 3.69. The van der Waals surface area contributed by atoms with Crippen molar-refractivity contribution >= 4 is 11.4 Å². The lowest BCUT2D eigenvalue weighted by Gasteiger charge is -2.39. The quantitative estimate of drug-likeness (QED) is 0.891. The highest BCUT2D eigenvalue weighted by atomic mass is 15.3. The van der Waals surface area contributed by atoms with Crippen molar-refractivity contribution in [3.05, 3.63) is 24.3 Å². The second-order valence-corrected chi connectivity index (χ2v) is 6.39. The van der Waals surface area contributed by atoms with Gasteiger partial charge in [-0.3, -0.25) is 0 Å². The van der Waals surface area contributed by atoms with Crippen molar-refractivity contribution < 1.29 is 0 Å². The Balaban J connectivity index is 1.71. The third-order valence-electron chi connectivity index (χ3n) is 5.37. The highest BCUT2D eigenvalue weighted by Gasteiger charge is 2.37. The number of hydrogen-bond acceptors (Lipinski definition) is 4. The van der Waals surface area contributed by atoms with E-state index in [1.807, 2.05) is 0 Å². The molecule has 0 aliphatic carbocycles. The molecule has 2 heterocycles. The van der Waals surface area contributed by atoms with Crippen molar-refractivity contribution in [1.29, 1.82) is 0 Å². The normalized spacial score (nSPS) is 24.7. The van der Waals surface area contributed by atoms with Crippen LogP contribution in [-0.4, -0.2) is 44.3 Å². The van der Waals surface area contributed by atoms with Crippen molar-refractivity contribution in [2.45, 2.75) is 25.9 Å². The van der Waals surface area contributed by atoms with E-state index in [2.05, 4.69) is 53.4 Å². The average molecular weight is 288 g/mol. The lowest BCUT2D eigenvalue weighted by molar-refractivity contribution is 0.146. The van der Waals surface area contributed by atoms with Crippen molar-refractivity contribution in [1.82, 2.24) is 4.90 Å². The number of fused-ring (bicyclic) bond motifs is 1. The molecule has 0 saturated carbocycles. The first-order valence-corrected chi connectivity index (χ1v) is 8.25. The molecule has 2 aliphatic heterocycles. The van der Waals surface area contributed by atoms with Crippen LogP contribution in [0.15, 0.2) is 24.3 Å². The monoisotopic (exact) mass is 288 g/mol. The van der Waals surface area contributed by atoms with Crippen molar-refractivity contribution in [2.24, 2.45) is 17.6 Å². The number of rotatable bonds is 4. The summed E-state index contributed by atoms with van der Waals surface area (Å²) in [4.78, 5) is 4.92. The van der Waals surface area contributed by atoms with Crippen molar-refractivity contribution in [2.75, 3.05) is 43.4 Å². The first-order chi connectivity index (χ1) is 10.2. The largest absolute Gasteiger partial charge is 0.363 e. The maximum atomic E-state index is 6.17. The second-order valence-electron chi connectivity index (χ2n) is 6.39. The Morgan fingerprint density at radius 3 is 2.62 bits per heavy atom. The predicted octanol–water partition coefficient (Wildman–Crippen LogP) is 2.18. The van der Waals surface area contributed by atoms with Crippen molar-refractivity contribution in [3.8, 4) is 0 Å². The van der Waals surface area contributed by atoms with E-state index in [-0.39, 0.29) is 0 Å². The van der Waals surface area contributed by atoms with Crippen LogP contribution in [0.25, 0.3) is 0 Å². The third-order valence-corrected chi connectivity index (χ3v) is 5.37. The van der Waals surface area contributed by atoms with Crippen LogP contribution in [0.4, 0.5) is 11.4 Å². The number of likely N-dealkylation sites (tertiary alicyclic amines) is 1. The fraction of sp³-hybridized carbons (Fsp3) is 0.647. The zero-order valence-electron chi connectivity index (χ0n) is 13.3. The van der Waals surface area contributed by atoms with Gasteiger partial charge in [-0.15, -0.1) is 0 Å². The molecule has 2 unspecified atom stereocenters. The minimum Gasteiger partial charge on any atom is -0.363 e. The Morgan fingerprint density at radius 1 is 1.29 bits per heavy atom. The second kappa shape index (κ2) is 6.24. The highest BCUT2D eigenvalue weighted by molar-refractivity contribution is 5.75. The van der Waals surface area contributed by atoms with E-state index in [1.54, 1.807) is 0 Å². The molecule has 1 aromatic rings. The Hall–Kier alpha value is -1.26. The van der Waals surface area contributed by atoms with Gasteiger partial charge in [-0.1, -0.05) is 19.1 Å². The molecule has 1 saturated heterocycles. The van der Waals surface area contributed by atoms with Gasteiger partial charge in [0.25, 0.3) is 0 Å². The summed E-state index contributed by atoms with van der Waals surface area (Å²) in [5.41, 5.74) is 8.71. The molecule has 0 amide bonds. The number of nitrogens with two attached hydrogens (primary N) is 1. The van der Waals surface area contributed by atoms with Gasteiger partial charge in [0.1, 0.15) is 6.17 Å². The van der Waals surface area contributed by atoms with E-state index < -0.39 is 0 Å². The molecule has 0 radical (unpaired) electrons. The summed E-state index contributed by atoms with van der Waals surface area (Å²) in [5.74, 6) is 1.24. The molecule has 1 aromatic carbocycles. The lowest BCUT2D eigenvalue weighted by atomic mass is 9.82. The molecule has 116 valence electrons. The molecule has 4 heteroatoms. The number of hydrogen-bond donors (Lipinski definition) is 2. The molecule has 4 nitrogen and oxygen atoms in total. The van der Waals surface area contributed by atoms with Gasteiger partial charge >= 0.3 is 0 Å². The van der Waals surface area contributed by atoms with Crippen LogP contribution >= 0.6 is 0 Å². The predicted molar refractivity (Wildman–Crippen MR) is 89.6 cm³/mol. The van der Waals surface area contributed by atoms with E-state index >= 15 is 0 Å². The van der Waals surface area contributed by atoms with Crippen LogP contribution in [0.3, 0.4) is 0 Å². The summed E-state index contributed by atoms with van der Waals surface area (Å²) in [6, 6.07) is 8.56. The number of piperidine rings is 1. The minimum atomic E-state index is 0.338. The summed E-state index contributed by atoms with van der Waals surface area (Å²) in [6.07, 6.45) is 2.89. The Bertz CT molecular complexity index is 468. The molecule has 21 heavy (non-hydrogen) atoms. The zero-order chi connectivity index (χ0) is 14.8. The van der Waals surface area contributed by atoms with E-state index in [1.165, 1.54) is 43.9 Å². The summed E-state index contributed by atoms with van der Waals surface area (Å²) >= 11 is 0. The first-order valence-electron chi connectivity index (χ1n) is 8.25. The fourth-order valence-corrected chi connectivity index (χ4v) is 3.98. The molecule has 2 atom stereocenters. The summed E-state index contributed by atoms with van der Waals surface area (Å²) < 4.78 is 0. The zero-order valence-corrected chi connectivity index (χ0v) is 13.3. The van der Waals surface area contributed by atoms with Gasteiger partial charge in [0.2, 0.25) is 0 Å². The van der Waals surface area contributed by atoms with Gasteiger partial charge in [0.05, 0.1) is 11.4 Å². The third kappa shape index (κ3) is 2.74. The van der Waals surface area contributed by atoms with E-state index in [4.69, 9.17) is 5.73 Å². The Kier molecular flexibility index (Phi) is 4.36. The Labute approximate surface area is 128 Å². The standard InChI is InChI=1S/C17H28N4/c1-3-21-10-8-13(9-11-21)14(12-18)17-19-15-6-4-5-7-16(15)20(17)2/h4-7,13-14,17,19H,3,8-12,18H2,1-2H3. The molecule has 0 aromatic heterocycles. The summed E-state index contributed by atoms with van der Waals surface area (Å²) in [6.45, 7) is 6.63. The maximum Gasteiger partial charge on any atom is 0.103 e. The first kappa shape index (κ1) is 14.7. The summed E-state index contributed by atoms with van der Waals surface area (Å²) in [7, 11) is 2.19. The molecule has 3 rings (SSSR count). The molecule has 0 spiro atoms. The minimum absolute atomic E-state index is 0.338. The molecular weight excluding hydrogens is 260 g/mol. The van der Waals surface area contributed by atoms with Crippen LogP contribution in [0, 0.1) is 11.8 Å². The van der Waals surface area contributed by atoms with Crippen LogP contribution in [0.1, 0.15) is 19.8 Å². The van der Waals surface area contributed by atoms with E-state index in [9.17, 15) is 0 Å². The molecule has 1 fully saturated rings. The molecule has 2 aliphatic rings. The molecular formula is C17H28N4. The van der Waals surface area contributed by atoms with Gasteiger partial charge in [-0.2, -0.15) is 0 Å². The van der Waals surface area contributed by atoms with Gasteiger partial charge in [0.15, 0.2) is 0 Å². The van der Waals surface area contributed by atoms with Crippen LogP contribution in [0.5, 0.6) is 0 Å².